The minimum Gasteiger partial charge on any atom is -0.345 e. The van der Waals surface area contributed by atoms with Gasteiger partial charge in [0, 0.05) is 32.0 Å². The molecule has 0 radical (unpaired) electrons. The van der Waals surface area contributed by atoms with E-state index >= 15 is 0 Å². The summed E-state index contributed by atoms with van der Waals surface area (Å²) in [4.78, 5) is 18.5. The summed E-state index contributed by atoms with van der Waals surface area (Å²) in [5.74, 6) is 1.99. The Kier molecular flexibility index (Phi) is 5.28. The fourth-order valence-corrected chi connectivity index (χ4v) is 3.26. The van der Waals surface area contributed by atoms with E-state index < -0.39 is 0 Å². The van der Waals surface area contributed by atoms with Crippen molar-refractivity contribution >= 4 is 5.91 Å². The molecule has 1 aliphatic rings. The normalized spacial score (nSPS) is 14.9. The number of nitrogens with zero attached hydrogens (tertiary/aromatic N) is 3. The van der Waals surface area contributed by atoms with Gasteiger partial charge in [-0.3, -0.25) is 4.79 Å². The number of carbonyl (C=O) groups is 1. The van der Waals surface area contributed by atoms with Crippen LogP contribution in [0.25, 0.3) is 11.5 Å². The monoisotopic (exact) mass is 327 g/mol. The van der Waals surface area contributed by atoms with Crippen LogP contribution in [0, 0.1) is 12.8 Å². The Morgan fingerprint density at radius 2 is 2.12 bits per heavy atom. The quantitative estimate of drug-likeness (QED) is 0.813. The lowest BCUT2D eigenvalue weighted by Crippen LogP contribution is -2.30. The van der Waals surface area contributed by atoms with Gasteiger partial charge in [0.05, 0.1) is 0 Å². The molecule has 128 valence electrons. The number of aryl methyl sites for hydroxylation is 1. The molecule has 2 aromatic rings. The maximum absolute atomic E-state index is 12.2. The topological polar surface area (TPSA) is 59.2 Å². The predicted molar refractivity (Wildman–Crippen MR) is 92.4 cm³/mol. The lowest BCUT2D eigenvalue weighted by Gasteiger charge is -2.18. The first-order valence-electron chi connectivity index (χ1n) is 8.75. The van der Waals surface area contributed by atoms with Crippen molar-refractivity contribution < 1.29 is 9.32 Å². The molecule has 0 N–H and O–H groups in total. The van der Waals surface area contributed by atoms with Crippen LogP contribution in [0.3, 0.4) is 0 Å². The van der Waals surface area contributed by atoms with Gasteiger partial charge < -0.3 is 9.42 Å². The molecule has 0 bridgehead atoms. The van der Waals surface area contributed by atoms with Crippen LogP contribution in [-0.2, 0) is 11.2 Å². The molecular formula is C19H25N3O2. The maximum atomic E-state index is 12.2. The third kappa shape index (κ3) is 4.22. The average molecular weight is 327 g/mol. The summed E-state index contributed by atoms with van der Waals surface area (Å²) in [5, 5.41) is 4.03. The predicted octanol–water partition coefficient (Wildman–Crippen LogP) is 3.63. The van der Waals surface area contributed by atoms with Crippen LogP contribution < -0.4 is 0 Å². The molecule has 1 saturated carbocycles. The Balaban J connectivity index is 1.52. The minimum absolute atomic E-state index is 0.226. The van der Waals surface area contributed by atoms with E-state index in [-0.39, 0.29) is 5.91 Å². The first-order chi connectivity index (χ1) is 11.6. The largest absolute Gasteiger partial charge is 0.345 e. The van der Waals surface area contributed by atoms with Crippen molar-refractivity contribution in [3.8, 4) is 11.5 Å². The van der Waals surface area contributed by atoms with Crippen molar-refractivity contribution in [2.75, 3.05) is 13.6 Å². The molecule has 3 rings (SSSR count). The van der Waals surface area contributed by atoms with Crippen LogP contribution in [0.15, 0.2) is 28.8 Å². The summed E-state index contributed by atoms with van der Waals surface area (Å²) >= 11 is 0. The number of benzene rings is 1. The fourth-order valence-electron chi connectivity index (χ4n) is 3.26. The van der Waals surface area contributed by atoms with Crippen LogP contribution in [0.2, 0.25) is 0 Å². The number of amides is 1. The summed E-state index contributed by atoms with van der Waals surface area (Å²) in [6.45, 7) is 2.66. The molecule has 1 aliphatic carbocycles. The van der Waals surface area contributed by atoms with Gasteiger partial charge in [-0.25, -0.2) is 0 Å². The second kappa shape index (κ2) is 7.60. The van der Waals surface area contributed by atoms with E-state index in [4.69, 9.17) is 4.52 Å². The Labute approximate surface area is 143 Å². The van der Waals surface area contributed by atoms with E-state index in [1.807, 2.05) is 38.2 Å². The SMILES string of the molecule is Cc1cccc(-c2nc(CCN(C)C(=O)CC3CCCC3)no2)c1. The van der Waals surface area contributed by atoms with Gasteiger partial charge in [-0.1, -0.05) is 35.7 Å². The van der Waals surface area contributed by atoms with Gasteiger partial charge in [0.25, 0.3) is 5.89 Å². The van der Waals surface area contributed by atoms with Gasteiger partial charge >= 0.3 is 0 Å². The van der Waals surface area contributed by atoms with E-state index in [0.717, 1.165) is 11.1 Å². The summed E-state index contributed by atoms with van der Waals surface area (Å²) in [6.07, 6.45) is 6.23. The van der Waals surface area contributed by atoms with Crippen LogP contribution in [-0.4, -0.2) is 34.5 Å². The zero-order valence-electron chi connectivity index (χ0n) is 14.5. The Morgan fingerprint density at radius 3 is 2.88 bits per heavy atom. The molecule has 1 fully saturated rings. The van der Waals surface area contributed by atoms with E-state index in [1.54, 1.807) is 4.90 Å². The van der Waals surface area contributed by atoms with Crippen molar-refractivity contribution in [3.05, 3.63) is 35.7 Å². The van der Waals surface area contributed by atoms with Gasteiger partial charge in [0.15, 0.2) is 5.82 Å². The highest BCUT2D eigenvalue weighted by Crippen LogP contribution is 2.27. The van der Waals surface area contributed by atoms with Crippen LogP contribution in [0.5, 0.6) is 0 Å². The van der Waals surface area contributed by atoms with Gasteiger partial charge in [-0.05, 0) is 37.8 Å². The third-order valence-electron chi connectivity index (χ3n) is 4.77. The lowest BCUT2D eigenvalue weighted by molar-refractivity contribution is -0.130. The molecule has 5 heteroatoms. The fraction of sp³-hybridized carbons (Fsp3) is 0.526. The molecule has 1 aromatic carbocycles. The number of rotatable bonds is 6. The van der Waals surface area contributed by atoms with Crippen molar-refractivity contribution in [2.24, 2.45) is 5.92 Å². The second-order valence-electron chi connectivity index (χ2n) is 6.81. The molecule has 0 unspecified atom stereocenters. The van der Waals surface area contributed by atoms with E-state index in [0.29, 0.717) is 37.0 Å². The summed E-state index contributed by atoms with van der Waals surface area (Å²) < 4.78 is 5.34. The number of likely N-dealkylation sites (N-methyl/N-ethyl adjacent to an activating group) is 1. The molecule has 1 heterocycles. The zero-order chi connectivity index (χ0) is 16.9. The Morgan fingerprint density at radius 1 is 1.33 bits per heavy atom. The summed E-state index contributed by atoms with van der Waals surface area (Å²) in [6, 6.07) is 7.99. The maximum Gasteiger partial charge on any atom is 0.257 e. The number of aromatic nitrogens is 2. The smallest absolute Gasteiger partial charge is 0.257 e. The van der Waals surface area contributed by atoms with Gasteiger partial charge in [0.2, 0.25) is 5.91 Å². The Hall–Kier alpha value is -2.17. The van der Waals surface area contributed by atoms with Gasteiger partial charge in [-0.2, -0.15) is 4.98 Å². The van der Waals surface area contributed by atoms with Gasteiger partial charge in [-0.15, -0.1) is 0 Å². The minimum atomic E-state index is 0.226. The highest BCUT2D eigenvalue weighted by Gasteiger charge is 2.20. The number of hydrogen-bond acceptors (Lipinski definition) is 4. The van der Waals surface area contributed by atoms with Crippen molar-refractivity contribution in [1.29, 1.82) is 0 Å². The van der Waals surface area contributed by atoms with Crippen LogP contribution in [0.1, 0.15) is 43.5 Å². The van der Waals surface area contributed by atoms with Crippen molar-refractivity contribution in [1.82, 2.24) is 15.0 Å². The molecular weight excluding hydrogens is 302 g/mol. The molecule has 0 spiro atoms. The first kappa shape index (κ1) is 16.7. The Bertz CT molecular complexity index is 689. The average Bonchev–Trinajstić information content (AvgIpc) is 3.24. The lowest BCUT2D eigenvalue weighted by atomic mass is 10.0. The second-order valence-corrected chi connectivity index (χ2v) is 6.81. The highest BCUT2D eigenvalue weighted by atomic mass is 16.5. The zero-order valence-corrected chi connectivity index (χ0v) is 14.5. The molecule has 0 aliphatic heterocycles. The van der Waals surface area contributed by atoms with E-state index in [1.165, 1.54) is 25.7 Å². The molecule has 0 atom stereocenters. The number of carbonyl (C=O) groups excluding carboxylic acids is 1. The molecule has 5 nitrogen and oxygen atoms in total. The highest BCUT2D eigenvalue weighted by molar-refractivity contribution is 5.76. The van der Waals surface area contributed by atoms with Crippen molar-refractivity contribution in [2.45, 2.75) is 45.4 Å². The standard InChI is InChI=1S/C19H25N3O2/c1-14-6-5-9-16(12-14)19-20-17(21-24-19)10-11-22(2)18(23)13-15-7-3-4-8-15/h5-6,9,12,15H,3-4,7-8,10-11,13H2,1-2H3. The molecule has 1 amide bonds. The van der Waals surface area contributed by atoms with Gasteiger partial charge in [0.1, 0.15) is 0 Å². The summed E-state index contributed by atoms with van der Waals surface area (Å²) in [5.41, 5.74) is 2.09. The summed E-state index contributed by atoms with van der Waals surface area (Å²) in [7, 11) is 1.86. The van der Waals surface area contributed by atoms with E-state index in [2.05, 4.69) is 10.1 Å². The van der Waals surface area contributed by atoms with Crippen LogP contribution in [0.4, 0.5) is 0 Å². The van der Waals surface area contributed by atoms with Crippen LogP contribution >= 0.6 is 0 Å². The number of hydrogen-bond donors (Lipinski definition) is 0. The molecule has 24 heavy (non-hydrogen) atoms. The third-order valence-corrected chi connectivity index (χ3v) is 4.77. The molecule has 0 saturated heterocycles. The molecule has 1 aromatic heterocycles. The first-order valence-corrected chi connectivity index (χ1v) is 8.75. The van der Waals surface area contributed by atoms with E-state index in [9.17, 15) is 4.79 Å². The van der Waals surface area contributed by atoms with Crippen molar-refractivity contribution in [3.63, 3.8) is 0 Å².